The number of nitrogens with zero attached hydrogens (tertiary/aromatic N) is 2. The smallest absolute Gasteiger partial charge is 0.303 e. The molecule has 0 amide bonds. The maximum absolute atomic E-state index is 10.3. The van der Waals surface area contributed by atoms with Crippen LogP contribution in [0.2, 0.25) is 0 Å². The second-order valence-corrected chi connectivity index (χ2v) is 10.8. The van der Waals surface area contributed by atoms with Crippen molar-refractivity contribution < 1.29 is 9.90 Å². The number of rotatable bonds is 25. The number of aliphatic carboxylic acids is 1. The Balaban J connectivity index is 0.000000696. The van der Waals surface area contributed by atoms with Crippen molar-refractivity contribution in [3.05, 3.63) is 18.7 Å². The van der Waals surface area contributed by atoms with E-state index in [0.717, 1.165) is 25.3 Å². The molecule has 0 saturated heterocycles. The zero-order valence-corrected chi connectivity index (χ0v) is 24.5. The molecule has 0 radical (unpaired) electrons. The lowest BCUT2D eigenvalue weighted by Gasteiger charge is -2.15. The van der Waals surface area contributed by atoms with E-state index in [4.69, 9.17) is 5.11 Å². The van der Waals surface area contributed by atoms with E-state index in [9.17, 15) is 4.79 Å². The van der Waals surface area contributed by atoms with Crippen LogP contribution < -0.4 is 0 Å². The van der Waals surface area contributed by atoms with Crippen LogP contribution in [-0.4, -0.2) is 20.6 Å². The summed E-state index contributed by atoms with van der Waals surface area (Å²) in [5.74, 6) is 0.176. The van der Waals surface area contributed by atoms with Crippen LogP contribution in [-0.2, 0) is 11.3 Å². The summed E-state index contributed by atoms with van der Waals surface area (Å²) in [6.07, 6.45) is 35.7. The van der Waals surface area contributed by atoms with Gasteiger partial charge in [0.05, 0.1) is 6.33 Å². The number of carbonyl (C=O) groups is 1. The van der Waals surface area contributed by atoms with Gasteiger partial charge in [0.1, 0.15) is 0 Å². The molecule has 1 N–H and O–H groups in total. The summed E-state index contributed by atoms with van der Waals surface area (Å²) < 4.78 is 2.21. The van der Waals surface area contributed by atoms with Crippen molar-refractivity contribution in [2.45, 2.75) is 175 Å². The van der Waals surface area contributed by atoms with Crippen LogP contribution in [0.5, 0.6) is 0 Å². The van der Waals surface area contributed by atoms with Crippen molar-refractivity contribution in [3.8, 4) is 0 Å². The van der Waals surface area contributed by atoms with Gasteiger partial charge >= 0.3 is 5.97 Å². The van der Waals surface area contributed by atoms with E-state index >= 15 is 0 Å². The van der Waals surface area contributed by atoms with Gasteiger partial charge in [0.15, 0.2) is 0 Å². The van der Waals surface area contributed by atoms with Crippen molar-refractivity contribution >= 4 is 5.97 Å². The molecule has 1 atom stereocenters. The number of hydrogen-bond donors (Lipinski definition) is 1. The van der Waals surface area contributed by atoms with E-state index in [-0.39, 0.29) is 0 Å². The average Bonchev–Trinajstić information content (AvgIpc) is 3.39. The first kappa shape index (κ1) is 34.7. The molecule has 36 heavy (non-hydrogen) atoms. The minimum atomic E-state index is -0.653. The Bertz CT molecular complexity index is 544. The molecule has 0 aliphatic rings. The third kappa shape index (κ3) is 25.8. The number of unbranched alkanes of at least 4 members (excludes halogenated alkanes) is 18. The summed E-state index contributed by atoms with van der Waals surface area (Å²) in [5, 5.41) is 8.52. The van der Waals surface area contributed by atoms with Crippen molar-refractivity contribution in [1.29, 1.82) is 0 Å². The van der Waals surface area contributed by atoms with Gasteiger partial charge in [0.25, 0.3) is 0 Å². The summed E-state index contributed by atoms with van der Waals surface area (Å²) in [6, 6.07) is 0. The minimum absolute atomic E-state index is 0.345. The first-order valence-electron chi connectivity index (χ1n) is 15.8. The van der Waals surface area contributed by atoms with E-state index in [2.05, 4.69) is 36.5 Å². The molecule has 1 aromatic heterocycles. The van der Waals surface area contributed by atoms with Gasteiger partial charge in [-0.3, -0.25) is 4.79 Å². The molecule has 0 fully saturated rings. The molecule has 1 heterocycles. The lowest BCUT2D eigenvalue weighted by atomic mass is 9.98. The first-order valence-corrected chi connectivity index (χ1v) is 15.8. The largest absolute Gasteiger partial charge is 0.481 e. The van der Waals surface area contributed by atoms with Crippen molar-refractivity contribution in [1.82, 2.24) is 9.55 Å². The molecule has 0 aromatic carbocycles. The highest BCUT2D eigenvalue weighted by molar-refractivity contribution is 5.66. The molecule has 4 heteroatoms. The fourth-order valence-electron chi connectivity index (χ4n) is 4.80. The molecule has 1 rings (SSSR count). The molecular formula is C32H62N2O2. The van der Waals surface area contributed by atoms with Gasteiger partial charge < -0.3 is 9.67 Å². The molecule has 212 valence electrons. The van der Waals surface area contributed by atoms with E-state index < -0.39 is 5.97 Å². The Morgan fingerprint density at radius 2 is 1.14 bits per heavy atom. The molecule has 0 spiro atoms. The van der Waals surface area contributed by atoms with Gasteiger partial charge in [-0.1, -0.05) is 149 Å². The molecule has 4 nitrogen and oxygen atoms in total. The van der Waals surface area contributed by atoms with Crippen LogP contribution in [0.3, 0.4) is 0 Å². The van der Waals surface area contributed by atoms with Gasteiger partial charge in [0, 0.05) is 25.4 Å². The van der Waals surface area contributed by atoms with Crippen molar-refractivity contribution in [3.63, 3.8) is 0 Å². The molecule has 0 saturated carbocycles. The molecular weight excluding hydrogens is 444 g/mol. The van der Waals surface area contributed by atoms with E-state index in [1.54, 1.807) is 0 Å². The third-order valence-electron chi connectivity index (χ3n) is 7.32. The maximum atomic E-state index is 10.3. The molecule has 0 aliphatic carbocycles. The van der Waals surface area contributed by atoms with Crippen LogP contribution in [0.25, 0.3) is 0 Å². The highest BCUT2D eigenvalue weighted by Crippen LogP contribution is 2.17. The monoisotopic (exact) mass is 506 g/mol. The fraction of sp³-hybridized carbons (Fsp3) is 0.875. The van der Waals surface area contributed by atoms with Crippen LogP contribution >= 0.6 is 0 Å². The van der Waals surface area contributed by atoms with Crippen LogP contribution in [0, 0.1) is 5.92 Å². The summed E-state index contributed by atoms with van der Waals surface area (Å²) >= 11 is 0. The van der Waals surface area contributed by atoms with Crippen molar-refractivity contribution in [2.24, 2.45) is 5.92 Å². The van der Waals surface area contributed by atoms with Crippen molar-refractivity contribution in [2.75, 3.05) is 0 Å². The molecule has 1 aromatic rings. The number of imidazole rings is 1. The Hall–Kier alpha value is -1.32. The lowest BCUT2D eigenvalue weighted by molar-refractivity contribution is -0.137. The van der Waals surface area contributed by atoms with Crippen LogP contribution in [0.1, 0.15) is 168 Å². The topological polar surface area (TPSA) is 55.1 Å². The third-order valence-corrected chi connectivity index (χ3v) is 7.32. The Labute approximate surface area is 225 Å². The van der Waals surface area contributed by atoms with E-state index in [1.807, 2.05) is 12.5 Å². The predicted octanol–water partition coefficient (Wildman–Crippen LogP) is 10.6. The Morgan fingerprint density at radius 1 is 0.694 bits per heavy atom. The summed E-state index contributed by atoms with van der Waals surface area (Å²) in [5.41, 5.74) is 0. The average molecular weight is 507 g/mol. The number of aromatic nitrogens is 2. The van der Waals surface area contributed by atoms with Gasteiger partial charge in [0.2, 0.25) is 0 Å². The first-order chi connectivity index (χ1) is 17.6. The Kier molecular flexibility index (Phi) is 27.2. The summed E-state index contributed by atoms with van der Waals surface area (Å²) in [7, 11) is 0. The number of hydrogen-bond acceptors (Lipinski definition) is 2. The van der Waals surface area contributed by atoms with Crippen LogP contribution in [0.15, 0.2) is 18.7 Å². The standard InChI is InChI=1S/C18H36O2.C14H26N2/c1-2-3-4-5-6-7-8-9-10-11-12-13-14-15-16-17-18(19)20;1-3-5-6-7-8-9-14(4-2)12-16-11-10-15-13-16/h2-17H2,1H3,(H,19,20);10-11,13-14H,3-9,12H2,1-2H3. The molecule has 1 unspecified atom stereocenters. The molecule has 0 aliphatic heterocycles. The SMILES string of the molecule is CCCCCCCC(CC)Cn1ccnc1.CCCCCCCCCCCCCCCCCC(=O)O. The van der Waals surface area contributed by atoms with Crippen LogP contribution in [0.4, 0.5) is 0 Å². The van der Waals surface area contributed by atoms with E-state index in [1.165, 1.54) is 128 Å². The summed E-state index contributed by atoms with van der Waals surface area (Å²) in [6.45, 7) is 7.98. The zero-order valence-electron chi connectivity index (χ0n) is 24.5. The van der Waals surface area contributed by atoms with Gasteiger partial charge in [-0.15, -0.1) is 0 Å². The second-order valence-electron chi connectivity index (χ2n) is 10.8. The van der Waals surface area contributed by atoms with Gasteiger partial charge in [-0.05, 0) is 18.8 Å². The predicted molar refractivity (Wildman–Crippen MR) is 157 cm³/mol. The number of carboxylic acids is 1. The quantitative estimate of drug-likeness (QED) is 0.134. The van der Waals surface area contributed by atoms with Gasteiger partial charge in [-0.25, -0.2) is 4.98 Å². The minimum Gasteiger partial charge on any atom is -0.481 e. The fourth-order valence-corrected chi connectivity index (χ4v) is 4.80. The maximum Gasteiger partial charge on any atom is 0.303 e. The van der Waals surface area contributed by atoms with Gasteiger partial charge in [-0.2, -0.15) is 0 Å². The summed E-state index contributed by atoms with van der Waals surface area (Å²) in [4.78, 5) is 14.4. The lowest BCUT2D eigenvalue weighted by Crippen LogP contribution is -2.08. The second kappa shape index (κ2) is 28.3. The zero-order chi connectivity index (χ0) is 26.5. The highest BCUT2D eigenvalue weighted by atomic mass is 16.4. The highest BCUT2D eigenvalue weighted by Gasteiger charge is 2.06. The number of carboxylic acid groups (broad SMARTS) is 1. The normalized spacial score (nSPS) is 11.8. The van der Waals surface area contributed by atoms with E-state index in [0.29, 0.717) is 6.42 Å². The molecule has 0 bridgehead atoms. The Morgan fingerprint density at radius 3 is 1.53 bits per heavy atom.